The number of hydrogen-bond acceptors (Lipinski definition) is 4. The Bertz CT molecular complexity index is 769. The van der Waals surface area contributed by atoms with E-state index in [0.717, 1.165) is 39.3 Å². The van der Waals surface area contributed by atoms with E-state index in [1.165, 1.54) is 12.1 Å². The standard InChI is InChI=1S/C19H23FN2O3/c1-2-13-11-22(12-16(13)21-5-7-24-8-6-21)19(23)18-10-14-9-15(20)3-4-17(14)25-18/h3-4,9-10,13,16H,2,5-8,11-12H2,1H3/t13-,16-/m0/s1. The number of hydrogen-bond donors (Lipinski definition) is 0. The molecule has 1 aromatic heterocycles. The molecule has 6 heteroatoms. The molecular formula is C19H23FN2O3. The largest absolute Gasteiger partial charge is 0.451 e. The van der Waals surface area contributed by atoms with Gasteiger partial charge in [-0.3, -0.25) is 9.69 Å². The first-order valence-electron chi connectivity index (χ1n) is 8.96. The molecule has 25 heavy (non-hydrogen) atoms. The third-order valence-corrected chi connectivity index (χ3v) is 5.42. The van der Waals surface area contributed by atoms with Gasteiger partial charge in [-0.2, -0.15) is 0 Å². The number of furan rings is 1. The number of rotatable bonds is 3. The molecule has 2 aliphatic heterocycles. The lowest BCUT2D eigenvalue weighted by molar-refractivity contribution is 0.0102. The highest BCUT2D eigenvalue weighted by Crippen LogP contribution is 2.28. The van der Waals surface area contributed by atoms with Gasteiger partial charge in [0.15, 0.2) is 5.76 Å². The number of amides is 1. The molecule has 2 saturated heterocycles. The highest BCUT2D eigenvalue weighted by Gasteiger charge is 2.39. The fraction of sp³-hybridized carbons (Fsp3) is 0.526. The molecule has 5 nitrogen and oxygen atoms in total. The molecule has 1 amide bonds. The summed E-state index contributed by atoms with van der Waals surface area (Å²) in [6.45, 7) is 6.99. The Hall–Kier alpha value is -1.92. The molecule has 0 N–H and O–H groups in total. The van der Waals surface area contributed by atoms with Gasteiger partial charge in [-0.15, -0.1) is 0 Å². The lowest BCUT2D eigenvalue weighted by Crippen LogP contribution is -2.47. The van der Waals surface area contributed by atoms with Gasteiger partial charge in [-0.05, 0) is 30.2 Å². The van der Waals surface area contributed by atoms with E-state index in [2.05, 4.69) is 11.8 Å². The van der Waals surface area contributed by atoms with Crippen LogP contribution >= 0.6 is 0 Å². The van der Waals surface area contributed by atoms with Crippen LogP contribution in [0.3, 0.4) is 0 Å². The fourth-order valence-corrected chi connectivity index (χ4v) is 4.02. The zero-order chi connectivity index (χ0) is 17.4. The highest BCUT2D eigenvalue weighted by molar-refractivity contribution is 5.96. The molecule has 0 radical (unpaired) electrons. The van der Waals surface area contributed by atoms with Crippen molar-refractivity contribution in [1.29, 1.82) is 0 Å². The second-order valence-electron chi connectivity index (χ2n) is 6.89. The number of halogens is 1. The zero-order valence-electron chi connectivity index (χ0n) is 14.4. The number of carbonyl (C=O) groups is 1. The summed E-state index contributed by atoms with van der Waals surface area (Å²) in [5.74, 6) is 0.319. The number of benzene rings is 1. The SMILES string of the molecule is CC[C@H]1CN(C(=O)c2cc3cc(F)ccc3o2)C[C@@H]1N1CCOCC1. The van der Waals surface area contributed by atoms with Gasteiger partial charge in [0.1, 0.15) is 11.4 Å². The second-order valence-corrected chi connectivity index (χ2v) is 6.89. The summed E-state index contributed by atoms with van der Waals surface area (Å²) >= 11 is 0. The predicted octanol–water partition coefficient (Wildman–Crippen LogP) is 2.75. The topological polar surface area (TPSA) is 45.9 Å². The number of likely N-dealkylation sites (tertiary alicyclic amines) is 1. The number of ether oxygens (including phenoxy) is 1. The van der Waals surface area contributed by atoms with Crippen LogP contribution in [0.15, 0.2) is 28.7 Å². The molecule has 4 rings (SSSR count). The van der Waals surface area contributed by atoms with E-state index in [4.69, 9.17) is 9.15 Å². The summed E-state index contributed by atoms with van der Waals surface area (Å²) in [6.07, 6.45) is 1.04. The monoisotopic (exact) mass is 346 g/mol. The van der Waals surface area contributed by atoms with E-state index in [1.54, 1.807) is 12.1 Å². The molecule has 2 aromatic rings. The van der Waals surface area contributed by atoms with Gasteiger partial charge >= 0.3 is 0 Å². The Kier molecular flexibility index (Phi) is 4.48. The first-order valence-corrected chi connectivity index (χ1v) is 8.96. The van der Waals surface area contributed by atoms with Crippen molar-refractivity contribution in [2.75, 3.05) is 39.4 Å². The molecule has 2 atom stereocenters. The normalized spacial score (nSPS) is 25.0. The van der Waals surface area contributed by atoms with Crippen LogP contribution in [-0.4, -0.2) is 61.1 Å². The van der Waals surface area contributed by atoms with Crippen LogP contribution in [0.4, 0.5) is 4.39 Å². The van der Waals surface area contributed by atoms with Gasteiger partial charge in [-0.1, -0.05) is 13.3 Å². The minimum absolute atomic E-state index is 0.106. The highest BCUT2D eigenvalue weighted by atomic mass is 19.1. The van der Waals surface area contributed by atoms with Crippen molar-refractivity contribution in [2.24, 2.45) is 5.92 Å². The summed E-state index contributed by atoms with van der Waals surface area (Å²) in [5.41, 5.74) is 0.542. The Morgan fingerprint density at radius 3 is 2.80 bits per heavy atom. The predicted molar refractivity (Wildman–Crippen MR) is 92.0 cm³/mol. The minimum Gasteiger partial charge on any atom is -0.451 e. The van der Waals surface area contributed by atoms with E-state index in [-0.39, 0.29) is 17.5 Å². The molecule has 2 aliphatic rings. The summed E-state index contributed by atoms with van der Waals surface area (Å²) in [4.78, 5) is 17.2. The van der Waals surface area contributed by atoms with Gasteiger partial charge in [-0.25, -0.2) is 4.39 Å². The maximum Gasteiger partial charge on any atom is 0.289 e. The molecule has 0 unspecified atom stereocenters. The molecule has 0 bridgehead atoms. The van der Waals surface area contributed by atoms with Crippen molar-refractivity contribution in [3.8, 4) is 0 Å². The van der Waals surface area contributed by atoms with E-state index in [9.17, 15) is 9.18 Å². The summed E-state index contributed by atoms with van der Waals surface area (Å²) in [7, 11) is 0. The molecule has 0 spiro atoms. The average Bonchev–Trinajstić information content (AvgIpc) is 3.25. The lowest BCUT2D eigenvalue weighted by atomic mass is 9.99. The van der Waals surface area contributed by atoms with Crippen LogP contribution in [0.5, 0.6) is 0 Å². The molecular weight excluding hydrogens is 323 g/mol. The van der Waals surface area contributed by atoms with E-state index in [1.807, 2.05) is 4.90 Å². The average molecular weight is 346 g/mol. The molecule has 3 heterocycles. The Morgan fingerprint density at radius 1 is 1.24 bits per heavy atom. The minimum atomic E-state index is -0.327. The van der Waals surface area contributed by atoms with Crippen molar-refractivity contribution in [3.63, 3.8) is 0 Å². The Labute approximate surface area is 146 Å². The number of morpholine rings is 1. The van der Waals surface area contributed by atoms with Crippen molar-refractivity contribution in [3.05, 3.63) is 35.8 Å². The second kappa shape index (κ2) is 6.77. The van der Waals surface area contributed by atoms with Gasteiger partial charge in [0, 0.05) is 37.6 Å². The quantitative estimate of drug-likeness (QED) is 0.857. The first-order chi connectivity index (χ1) is 12.2. The molecule has 0 saturated carbocycles. The molecule has 2 fully saturated rings. The van der Waals surface area contributed by atoms with E-state index in [0.29, 0.717) is 29.5 Å². The molecule has 0 aliphatic carbocycles. The van der Waals surface area contributed by atoms with Gasteiger partial charge in [0.05, 0.1) is 13.2 Å². The maximum absolute atomic E-state index is 13.3. The molecule has 1 aromatic carbocycles. The first kappa shape index (κ1) is 16.5. The lowest BCUT2D eigenvalue weighted by Gasteiger charge is -2.34. The third kappa shape index (κ3) is 3.16. The van der Waals surface area contributed by atoms with Gasteiger partial charge in [0.25, 0.3) is 5.91 Å². The molecule has 134 valence electrons. The Balaban J connectivity index is 1.53. The van der Waals surface area contributed by atoms with Crippen LogP contribution in [0.25, 0.3) is 11.0 Å². The summed E-state index contributed by atoms with van der Waals surface area (Å²) in [6, 6.07) is 6.32. The van der Waals surface area contributed by atoms with Crippen LogP contribution in [0.2, 0.25) is 0 Å². The smallest absolute Gasteiger partial charge is 0.289 e. The van der Waals surface area contributed by atoms with Crippen molar-refractivity contribution in [1.82, 2.24) is 9.80 Å². The van der Waals surface area contributed by atoms with Crippen molar-refractivity contribution >= 4 is 16.9 Å². The fourth-order valence-electron chi connectivity index (χ4n) is 4.02. The summed E-state index contributed by atoms with van der Waals surface area (Å²) < 4.78 is 24.5. The number of carbonyl (C=O) groups excluding carboxylic acids is 1. The van der Waals surface area contributed by atoms with Crippen LogP contribution in [-0.2, 0) is 4.74 Å². The maximum atomic E-state index is 13.3. The summed E-state index contributed by atoms with van der Waals surface area (Å²) in [5, 5.41) is 0.624. The van der Waals surface area contributed by atoms with E-state index >= 15 is 0 Å². The van der Waals surface area contributed by atoms with Crippen LogP contribution in [0.1, 0.15) is 23.9 Å². The van der Waals surface area contributed by atoms with Gasteiger partial charge < -0.3 is 14.1 Å². The van der Waals surface area contributed by atoms with E-state index < -0.39 is 0 Å². The zero-order valence-corrected chi connectivity index (χ0v) is 14.4. The number of fused-ring (bicyclic) bond motifs is 1. The van der Waals surface area contributed by atoms with Crippen molar-refractivity contribution in [2.45, 2.75) is 19.4 Å². The van der Waals surface area contributed by atoms with Gasteiger partial charge in [0.2, 0.25) is 0 Å². The Morgan fingerprint density at radius 2 is 2.04 bits per heavy atom. The van der Waals surface area contributed by atoms with Crippen molar-refractivity contribution < 1.29 is 18.3 Å². The third-order valence-electron chi connectivity index (χ3n) is 5.42. The van der Waals surface area contributed by atoms with Crippen LogP contribution in [0, 0.1) is 11.7 Å². The van der Waals surface area contributed by atoms with Crippen LogP contribution < -0.4 is 0 Å². The number of nitrogens with zero attached hydrogens (tertiary/aromatic N) is 2.